The second-order valence-corrected chi connectivity index (χ2v) is 4.78. The predicted molar refractivity (Wildman–Crippen MR) is 59.1 cm³/mol. The number of nitrogens with zero attached hydrogens (tertiary/aromatic N) is 1. The van der Waals surface area contributed by atoms with E-state index in [-0.39, 0.29) is 12.6 Å². The van der Waals surface area contributed by atoms with Crippen LogP contribution >= 0.6 is 0 Å². The van der Waals surface area contributed by atoms with E-state index >= 15 is 0 Å². The minimum Gasteiger partial charge on any atom is -0.396 e. The molecule has 1 rings (SSSR count). The van der Waals surface area contributed by atoms with Gasteiger partial charge in [0.2, 0.25) is 0 Å². The SMILES string of the molecule is CC1CCN(CC(N)CCO)CC1C. The van der Waals surface area contributed by atoms with Crippen LogP contribution in [-0.2, 0) is 0 Å². The molecule has 3 nitrogen and oxygen atoms in total. The molecule has 1 heterocycles. The highest BCUT2D eigenvalue weighted by Crippen LogP contribution is 2.22. The van der Waals surface area contributed by atoms with Crippen molar-refractivity contribution in [3.63, 3.8) is 0 Å². The van der Waals surface area contributed by atoms with Crippen LogP contribution in [0.4, 0.5) is 0 Å². The molecule has 0 spiro atoms. The van der Waals surface area contributed by atoms with Crippen molar-refractivity contribution < 1.29 is 5.11 Å². The van der Waals surface area contributed by atoms with Gasteiger partial charge in [-0.25, -0.2) is 0 Å². The van der Waals surface area contributed by atoms with E-state index in [4.69, 9.17) is 10.8 Å². The Bertz CT molecular complexity index is 163. The minimum absolute atomic E-state index is 0.139. The lowest BCUT2D eigenvalue weighted by Gasteiger charge is -2.36. The lowest BCUT2D eigenvalue weighted by molar-refractivity contribution is 0.127. The standard InChI is InChI=1S/C11H24N2O/c1-9-3-5-13(7-10(9)2)8-11(12)4-6-14/h9-11,14H,3-8,12H2,1-2H3. The van der Waals surface area contributed by atoms with Crippen LogP contribution in [0.2, 0.25) is 0 Å². The van der Waals surface area contributed by atoms with Crippen molar-refractivity contribution in [2.24, 2.45) is 17.6 Å². The van der Waals surface area contributed by atoms with E-state index in [1.54, 1.807) is 0 Å². The molecule has 0 bridgehead atoms. The molecule has 84 valence electrons. The molecule has 3 atom stereocenters. The van der Waals surface area contributed by atoms with Gasteiger partial charge in [-0.2, -0.15) is 0 Å². The average Bonchev–Trinajstić information content (AvgIpc) is 2.12. The van der Waals surface area contributed by atoms with E-state index in [1.807, 2.05) is 0 Å². The zero-order chi connectivity index (χ0) is 10.6. The number of aliphatic hydroxyl groups is 1. The Balaban J connectivity index is 2.25. The maximum Gasteiger partial charge on any atom is 0.0446 e. The smallest absolute Gasteiger partial charge is 0.0446 e. The van der Waals surface area contributed by atoms with E-state index in [0.717, 1.165) is 24.8 Å². The summed E-state index contributed by atoms with van der Waals surface area (Å²) < 4.78 is 0. The topological polar surface area (TPSA) is 49.5 Å². The van der Waals surface area contributed by atoms with Gasteiger partial charge in [0.25, 0.3) is 0 Å². The molecular formula is C11H24N2O. The second kappa shape index (κ2) is 5.69. The van der Waals surface area contributed by atoms with Gasteiger partial charge in [0.1, 0.15) is 0 Å². The zero-order valence-electron chi connectivity index (χ0n) is 9.45. The Kier molecular flexibility index (Phi) is 4.85. The Morgan fingerprint density at radius 1 is 1.43 bits per heavy atom. The fourth-order valence-corrected chi connectivity index (χ4v) is 2.10. The van der Waals surface area contributed by atoms with Crippen molar-refractivity contribution >= 4 is 0 Å². The monoisotopic (exact) mass is 200 g/mol. The molecule has 1 aliphatic rings. The summed E-state index contributed by atoms with van der Waals surface area (Å²) in [5.41, 5.74) is 5.89. The molecular weight excluding hydrogens is 176 g/mol. The van der Waals surface area contributed by atoms with E-state index in [9.17, 15) is 0 Å². The largest absolute Gasteiger partial charge is 0.396 e. The molecule has 3 heteroatoms. The Labute approximate surface area is 87.3 Å². The van der Waals surface area contributed by atoms with Crippen molar-refractivity contribution in [2.45, 2.75) is 32.7 Å². The molecule has 3 unspecified atom stereocenters. The van der Waals surface area contributed by atoms with Crippen molar-refractivity contribution in [3.8, 4) is 0 Å². The van der Waals surface area contributed by atoms with Crippen molar-refractivity contribution in [1.29, 1.82) is 0 Å². The third-order valence-electron chi connectivity index (χ3n) is 3.41. The lowest BCUT2D eigenvalue weighted by Crippen LogP contribution is -2.44. The van der Waals surface area contributed by atoms with Gasteiger partial charge in [-0.15, -0.1) is 0 Å². The highest BCUT2D eigenvalue weighted by molar-refractivity contribution is 4.77. The van der Waals surface area contributed by atoms with Gasteiger partial charge in [-0.1, -0.05) is 13.8 Å². The second-order valence-electron chi connectivity index (χ2n) is 4.78. The summed E-state index contributed by atoms with van der Waals surface area (Å²) in [5, 5.41) is 8.76. The lowest BCUT2D eigenvalue weighted by atomic mass is 9.88. The minimum atomic E-state index is 0.139. The number of hydrogen-bond acceptors (Lipinski definition) is 3. The zero-order valence-corrected chi connectivity index (χ0v) is 9.45. The molecule has 3 N–H and O–H groups in total. The van der Waals surface area contributed by atoms with E-state index in [2.05, 4.69) is 18.7 Å². The first-order chi connectivity index (χ1) is 6.63. The van der Waals surface area contributed by atoms with Gasteiger partial charge in [0.05, 0.1) is 0 Å². The molecule has 0 aromatic heterocycles. The molecule has 0 aromatic carbocycles. The summed E-state index contributed by atoms with van der Waals surface area (Å²) in [6.07, 6.45) is 2.01. The molecule has 0 aliphatic carbocycles. The highest BCUT2D eigenvalue weighted by atomic mass is 16.3. The van der Waals surface area contributed by atoms with Crippen LogP contribution in [0.3, 0.4) is 0 Å². The third kappa shape index (κ3) is 3.56. The van der Waals surface area contributed by atoms with Crippen molar-refractivity contribution in [3.05, 3.63) is 0 Å². The van der Waals surface area contributed by atoms with Gasteiger partial charge < -0.3 is 15.7 Å². The van der Waals surface area contributed by atoms with Crippen LogP contribution in [0.1, 0.15) is 26.7 Å². The molecule has 1 saturated heterocycles. The fourth-order valence-electron chi connectivity index (χ4n) is 2.10. The summed E-state index contributed by atoms with van der Waals surface area (Å²) in [6.45, 7) is 8.13. The molecule has 1 aliphatic heterocycles. The normalized spacial score (nSPS) is 31.7. The maximum atomic E-state index is 8.76. The van der Waals surface area contributed by atoms with Crippen LogP contribution in [-0.4, -0.2) is 42.3 Å². The first-order valence-electron chi connectivity index (χ1n) is 5.72. The first kappa shape index (κ1) is 12.0. The van der Waals surface area contributed by atoms with Crippen molar-refractivity contribution in [2.75, 3.05) is 26.2 Å². The number of piperidine rings is 1. The van der Waals surface area contributed by atoms with Gasteiger partial charge in [-0.3, -0.25) is 0 Å². The number of likely N-dealkylation sites (tertiary alicyclic amines) is 1. The van der Waals surface area contributed by atoms with Crippen LogP contribution in [0.15, 0.2) is 0 Å². The predicted octanol–water partition coefficient (Wildman–Crippen LogP) is 0.674. The van der Waals surface area contributed by atoms with E-state index < -0.39 is 0 Å². The van der Waals surface area contributed by atoms with E-state index in [0.29, 0.717) is 0 Å². The summed E-state index contributed by atoms with van der Waals surface area (Å²) in [7, 11) is 0. The Hall–Kier alpha value is -0.120. The average molecular weight is 200 g/mol. The number of hydrogen-bond donors (Lipinski definition) is 2. The summed E-state index contributed by atoms with van der Waals surface area (Å²) in [6, 6.07) is 0.139. The van der Waals surface area contributed by atoms with Gasteiger partial charge in [-0.05, 0) is 31.2 Å². The fraction of sp³-hybridized carbons (Fsp3) is 1.00. The molecule has 0 saturated carbocycles. The maximum absolute atomic E-state index is 8.76. The summed E-state index contributed by atoms with van der Waals surface area (Å²) >= 11 is 0. The van der Waals surface area contributed by atoms with Crippen LogP contribution in [0.5, 0.6) is 0 Å². The highest BCUT2D eigenvalue weighted by Gasteiger charge is 2.23. The molecule has 1 fully saturated rings. The summed E-state index contributed by atoms with van der Waals surface area (Å²) in [4.78, 5) is 2.44. The molecule has 14 heavy (non-hydrogen) atoms. The Morgan fingerprint density at radius 3 is 2.71 bits per heavy atom. The van der Waals surface area contributed by atoms with Gasteiger partial charge in [0, 0.05) is 25.7 Å². The molecule has 0 aromatic rings. The number of nitrogens with two attached hydrogens (primary N) is 1. The third-order valence-corrected chi connectivity index (χ3v) is 3.41. The molecule has 0 amide bonds. The van der Waals surface area contributed by atoms with Crippen LogP contribution < -0.4 is 5.73 Å². The van der Waals surface area contributed by atoms with Crippen LogP contribution in [0, 0.1) is 11.8 Å². The van der Waals surface area contributed by atoms with Crippen molar-refractivity contribution in [1.82, 2.24) is 4.90 Å². The van der Waals surface area contributed by atoms with Gasteiger partial charge >= 0.3 is 0 Å². The number of rotatable bonds is 4. The quantitative estimate of drug-likeness (QED) is 0.701. The van der Waals surface area contributed by atoms with Gasteiger partial charge in [0.15, 0.2) is 0 Å². The van der Waals surface area contributed by atoms with Crippen LogP contribution in [0.25, 0.3) is 0 Å². The Morgan fingerprint density at radius 2 is 2.14 bits per heavy atom. The van der Waals surface area contributed by atoms with E-state index in [1.165, 1.54) is 19.5 Å². The molecule has 0 radical (unpaired) electrons. The number of aliphatic hydroxyl groups excluding tert-OH is 1. The first-order valence-corrected chi connectivity index (χ1v) is 5.72. The summed E-state index contributed by atoms with van der Waals surface area (Å²) in [5.74, 6) is 1.63.